The highest BCUT2D eigenvalue weighted by atomic mass is 35.5. The number of rotatable bonds is 8. The van der Waals surface area contributed by atoms with Crippen molar-refractivity contribution in [2.75, 3.05) is 31.9 Å². The van der Waals surface area contributed by atoms with E-state index in [2.05, 4.69) is 0 Å². The van der Waals surface area contributed by atoms with Crippen LogP contribution in [0.15, 0.2) is 0 Å². The second kappa shape index (κ2) is 7.44. The summed E-state index contributed by atoms with van der Waals surface area (Å²) in [6.07, 6.45) is 0.486. The molecule has 0 rings (SSSR count). The van der Waals surface area contributed by atoms with Crippen LogP contribution in [0.2, 0.25) is 0 Å². The molecule has 0 radical (unpaired) electrons. The summed E-state index contributed by atoms with van der Waals surface area (Å²) in [5.41, 5.74) is 0. The Morgan fingerprint density at radius 3 is 2.40 bits per heavy atom. The van der Waals surface area contributed by atoms with Gasteiger partial charge in [-0.1, -0.05) is 0 Å². The molecule has 0 aromatic carbocycles. The van der Waals surface area contributed by atoms with Gasteiger partial charge in [-0.3, -0.25) is 0 Å². The van der Waals surface area contributed by atoms with Crippen LogP contribution in [0.1, 0.15) is 20.3 Å². The quantitative estimate of drug-likeness (QED) is 0.616. The van der Waals surface area contributed by atoms with E-state index >= 15 is 0 Å². The number of alkyl halides is 1. The number of sulfonamides is 1. The molecular formula is C9H20ClNO3S. The highest BCUT2D eigenvalue weighted by Gasteiger charge is 2.23. The van der Waals surface area contributed by atoms with Gasteiger partial charge in [-0.25, -0.2) is 8.42 Å². The summed E-state index contributed by atoms with van der Waals surface area (Å²) in [7, 11) is -1.63. The zero-order chi connectivity index (χ0) is 11.9. The van der Waals surface area contributed by atoms with Crippen molar-refractivity contribution in [2.45, 2.75) is 26.3 Å². The molecule has 4 nitrogen and oxygen atoms in total. The van der Waals surface area contributed by atoms with E-state index in [1.165, 1.54) is 4.31 Å². The molecule has 92 valence electrons. The van der Waals surface area contributed by atoms with Crippen molar-refractivity contribution in [3.63, 3.8) is 0 Å². The largest absolute Gasteiger partial charge is 0.383 e. The van der Waals surface area contributed by atoms with Gasteiger partial charge in [0, 0.05) is 25.6 Å². The molecule has 0 saturated carbocycles. The van der Waals surface area contributed by atoms with Gasteiger partial charge in [-0.15, -0.1) is 11.6 Å². The van der Waals surface area contributed by atoms with Crippen LogP contribution < -0.4 is 0 Å². The topological polar surface area (TPSA) is 46.6 Å². The van der Waals surface area contributed by atoms with E-state index in [9.17, 15) is 8.42 Å². The SMILES string of the molecule is COCCN(C(C)C)S(=O)(=O)CCCCl. The van der Waals surface area contributed by atoms with Gasteiger partial charge in [-0.05, 0) is 20.3 Å². The van der Waals surface area contributed by atoms with E-state index in [0.29, 0.717) is 25.5 Å². The summed E-state index contributed by atoms with van der Waals surface area (Å²) in [6, 6.07) is -0.0412. The van der Waals surface area contributed by atoms with Gasteiger partial charge in [-0.2, -0.15) is 4.31 Å². The number of hydrogen-bond donors (Lipinski definition) is 0. The summed E-state index contributed by atoms with van der Waals surface area (Å²) in [4.78, 5) is 0. The molecule has 0 N–H and O–H groups in total. The lowest BCUT2D eigenvalue weighted by Gasteiger charge is -2.25. The molecule has 0 aliphatic carbocycles. The number of hydrogen-bond acceptors (Lipinski definition) is 3. The summed E-state index contributed by atoms with van der Waals surface area (Å²) in [6.45, 7) is 4.53. The lowest BCUT2D eigenvalue weighted by atomic mass is 10.4. The molecule has 0 fully saturated rings. The standard InChI is InChI=1S/C9H20ClNO3S/c1-9(2)11(6-7-14-3)15(12,13)8-4-5-10/h9H,4-8H2,1-3H3. The summed E-state index contributed by atoms with van der Waals surface area (Å²) >= 11 is 5.49. The Balaban J connectivity index is 4.45. The minimum atomic E-state index is -3.19. The van der Waals surface area contributed by atoms with Crippen LogP contribution in [0.3, 0.4) is 0 Å². The molecule has 0 amide bonds. The van der Waals surface area contributed by atoms with Crippen LogP contribution in [0, 0.1) is 0 Å². The molecule has 0 heterocycles. The average Bonchev–Trinajstić information content (AvgIpc) is 2.14. The van der Waals surface area contributed by atoms with Crippen molar-refractivity contribution in [1.82, 2.24) is 4.31 Å². The van der Waals surface area contributed by atoms with Crippen LogP contribution in [0.25, 0.3) is 0 Å². The van der Waals surface area contributed by atoms with Crippen LogP contribution in [0.5, 0.6) is 0 Å². The first-order valence-electron chi connectivity index (χ1n) is 5.00. The molecule has 0 aromatic rings. The van der Waals surface area contributed by atoms with Crippen molar-refractivity contribution >= 4 is 21.6 Å². The van der Waals surface area contributed by atoms with E-state index in [4.69, 9.17) is 16.3 Å². The van der Waals surface area contributed by atoms with E-state index < -0.39 is 10.0 Å². The van der Waals surface area contributed by atoms with Gasteiger partial charge in [0.25, 0.3) is 0 Å². The summed E-state index contributed by atoms with van der Waals surface area (Å²) in [5.74, 6) is 0.480. The summed E-state index contributed by atoms with van der Waals surface area (Å²) < 4.78 is 30.0. The molecule has 0 aliphatic rings. The smallest absolute Gasteiger partial charge is 0.214 e. The van der Waals surface area contributed by atoms with Crippen molar-refractivity contribution in [2.24, 2.45) is 0 Å². The molecule has 0 unspecified atom stereocenters. The Hall–Kier alpha value is 0.160. The van der Waals surface area contributed by atoms with Crippen molar-refractivity contribution in [1.29, 1.82) is 0 Å². The number of methoxy groups -OCH3 is 1. The molecule has 0 saturated heterocycles. The normalized spacial score (nSPS) is 12.7. The zero-order valence-electron chi connectivity index (χ0n) is 9.57. The fraction of sp³-hybridized carbons (Fsp3) is 1.00. The average molecular weight is 258 g/mol. The second-order valence-electron chi connectivity index (χ2n) is 3.56. The molecule has 0 atom stereocenters. The number of nitrogens with zero attached hydrogens (tertiary/aromatic N) is 1. The molecule has 0 aromatic heterocycles. The lowest BCUT2D eigenvalue weighted by Crippen LogP contribution is -2.40. The van der Waals surface area contributed by atoms with Crippen molar-refractivity contribution in [3.8, 4) is 0 Å². The minimum Gasteiger partial charge on any atom is -0.383 e. The Morgan fingerprint density at radius 2 is 2.00 bits per heavy atom. The van der Waals surface area contributed by atoms with E-state index in [1.807, 2.05) is 13.8 Å². The third kappa shape index (κ3) is 5.70. The number of ether oxygens (including phenoxy) is 1. The molecular weight excluding hydrogens is 238 g/mol. The lowest BCUT2D eigenvalue weighted by molar-refractivity contribution is 0.171. The first kappa shape index (κ1) is 15.2. The predicted molar refractivity (Wildman–Crippen MR) is 62.8 cm³/mol. The van der Waals surface area contributed by atoms with E-state index in [1.54, 1.807) is 7.11 Å². The molecule has 6 heteroatoms. The van der Waals surface area contributed by atoms with Crippen LogP contribution in [-0.4, -0.2) is 50.7 Å². The molecule has 0 spiro atoms. The van der Waals surface area contributed by atoms with Gasteiger partial charge >= 0.3 is 0 Å². The fourth-order valence-corrected chi connectivity index (χ4v) is 3.28. The van der Waals surface area contributed by atoms with Gasteiger partial charge in [0.2, 0.25) is 10.0 Å². The van der Waals surface area contributed by atoms with Gasteiger partial charge < -0.3 is 4.74 Å². The molecule has 15 heavy (non-hydrogen) atoms. The third-order valence-corrected chi connectivity index (χ3v) is 4.38. The maximum Gasteiger partial charge on any atom is 0.214 e. The van der Waals surface area contributed by atoms with Crippen LogP contribution in [-0.2, 0) is 14.8 Å². The highest BCUT2D eigenvalue weighted by Crippen LogP contribution is 2.08. The van der Waals surface area contributed by atoms with Crippen molar-refractivity contribution in [3.05, 3.63) is 0 Å². The van der Waals surface area contributed by atoms with Crippen LogP contribution >= 0.6 is 11.6 Å². The predicted octanol–water partition coefficient (Wildman–Crippen LogP) is 1.30. The zero-order valence-corrected chi connectivity index (χ0v) is 11.1. The Kier molecular flexibility index (Phi) is 7.52. The molecule has 0 aliphatic heterocycles. The monoisotopic (exact) mass is 257 g/mol. The number of halogens is 1. The van der Waals surface area contributed by atoms with E-state index in [-0.39, 0.29) is 11.8 Å². The van der Waals surface area contributed by atoms with Gasteiger partial charge in [0.1, 0.15) is 0 Å². The second-order valence-corrected chi connectivity index (χ2v) is 5.97. The third-order valence-electron chi connectivity index (χ3n) is 1.98. The first-order chi connectivity index (χ1) is 6.95. The van der Waals surface area contributed by atoms with Crippen molar-refractivity contribution < 1.29 is 13.2 Å². The van der Waals surface area contributed by atoms with Gasteiger partial charge in [0.05, 0.1) is 12.4 Å². The highest BCUT2D eigenvalue weighted by molar-refractivity contribution is 7.89. The maximum atomic E-state index is 11.8. The minimum absolute atomic E-state index is 0.0412. The van der Waals surface area contributed by atoms with Gasteiger partial charge in [0.15, 0.2) is 0 Å². The Bertz CT molecular complexity index is 254. The van der Waals surface area contributed by atoms with E-state index in [0.717, 1.165) is 0 Å². The maximum absolute atomic E-state index is 11.8. The Morgan fingerprint density at radius 1 is 1.40 bits per heavy atom. The first-order valence-corrected chi connectivity index (χ1v) is 7.14. The molecule has 0 bridgehead atoms. The van der Waals surface area contributed by atoms with Crippen LogP contribution in [0.4, 0.5) is 0 Å². The Labute approximate surface area is 97.6 Å². The summed E-state index contributed by atoms with van der Waals surface area (Å²) in [5, 5.41) is 0. The fourth-order valence-electron chi connectivity index (χ4n) is 1.25.